The van der Waals surface area contributed by atoms with E-state index < -0.39 is 0 Å². The largest absolute Gasteiger partial charge is 0.497 e. The summed E-state index contributed by atoms with van der Waals surface area (Å²) in [5, 5.41) is 21.4. The molecule has 27 heavy (non-hydrogen) atoms. The normalized spacial score (nSPS) is 11.1. The third-order valence-electron chi connectivity index (χ3n) is 4.12. The van der Waals surface area contributed by atoms with Gasteiger partial charge in [-0.15, -0.1) is 10.2 Å². The van der Waals surface area contributed by atoms with Gasteiger partial charge in [0.25, 0.3) is 0 Å². The van der Waals surface area contributed by atoms with Gasteiger partial charge in [-0.3, -0.25) is 10.1 Å². The first-order chi connectivity index (χ1) is 13.3. The smallest absolute Gasteiger partial charge is 0.235 e. The highest BCUT2D eigenvalue weighted by molar-refractivity contribution is 7.19. The van der Waals surface area contributed by atoms with Crippen molar-refractivity contribution in [3.8, 4) is 39.1 Å². The zero-order valence-electron chi connectivity index (χ0n) is 14.2. The molecule has 0 spiro atoms. The van der Waals surface area contributed by atoms with Gasteiger partial charge < -0.3 is 4.74 Å². The predicted octanol–water partition coefficient (Wildman–Crippen LogP) is 3.31. The molecule has 0 bridgehead atoms. The SMILES string of the molecule is COc1ccc(-c2cc(-c3nnc4sc(-c5ccncc5)nn34)[nH]n2)cc1. The fourth-order valence-corrected chi connectivity index (χ4v) is 3.59. The van der Waals surface area contributed by atoms with Crippen LogP contribution in [0.2, 0.25) is 0 Å². The van der Waals surface area contributed by atoms with Gasteiger partial charge in [0, 0.05) is 23.5 Å². The minimum atomic E-state index is 0.619. The van der Waals surface area contributed by atoms with Crippen molar-refractivity contribution in [3.05, 3.63) is 54.9 Å². The van der Waals surface area contributed by atoms with Crippen LogP contribution in [0, 0.1) is 0 Å². The van der Waals surface area contributed by atoms with Crippen LogP contribution in [0.4, 0.5) is 0 Å². The number of benzene rings is 1. The molecule has 1 aromatic carbocycles. The van der Waals surface area contributed by atoms with Gasteiger partial charge >= 0.3 is 0 Å². The Balaban J connectivity index is 1.52. The van der Waals surface area contributed by atoms with Gasteiger partial charge in [-0.25, -0.2) is 0 Å². The number of hydrogen-bond acceptors (Lipinski definition) is 7. The third kappa shape index (κ3) is 2.74. The first kappa shape index (κ1) is 15.6. The predicted molar refractivity (Wildman–Crippen MR) is 101 cm³/mol. The highest BCUT2D eigenvalue weighted by atomic mass is 32.1. The Morgan fingerprint density at radius 2 is 1.81 bits per heavy atom. The molecule has 0 aliphatic rings. The van der Waals surface area contributed by atoms with Crippen LogP contribution in [-0.4, -0.2) is 42.1 Å². The summed E-state index contributed by atoms with van der Waals surface area (Å²) < 4.78 is 6.92. The van der Waals surface area contributed by atoms with Crippen molar-refractivity contribution < 1.29 is 4.74 Å². The molecule has 0 aliphatic carbocycles. The topological polar surface area (TPSA) is 93.9 Å². The molecule has 0 aliphatic heterocycles. The number of rotatable bonds is 4. The van der Waals surface area contributed by atoms with E-state index >= 15 is 0 Å². The number of aromatic nitrogens is 7. The van der Waals surface area contributed by atoms with E-state index in [-0.39, 0.29) is 0 Å². The average molecular weight is 375 g/mol. The molecule has 8 nitrogen and oxygen atoms in total. The molecule has 1 N–H and O–H groups in total. The Morgan fingerprint density at radius 3 is 2.59 bits per heavy atom. The molecule has 0 unspecified atom stereocenters. The minimum Gasteiger partial charge on any atom is -0.497 e. The van der Waals surface area contributed by atoms with E-state index in [2.05, 4.69) is 30.5 Å². The van der Waals surface area contributed by atoms with Crippen LogP contribution in [0.15, 0.2) is 54.9 Å². The maximum Gasteiger partial charge on any atom is 0.235 e. The second-order valence-corrected chi connectivity index (χ2v) is 6.71. The Morgan fingerprint density at radius 1 is 1.00 bits per heavy atom. The monoisotopic (exact) mass is 375 g/mol. The molecule has 0 atom stereocenters. The van der Waals surface area contributed by atoms with Crippen LogP contribution >= 0.6 is 11.3 Å². The Labute approximate surface area is 157 Å². The lowest BCUT2D eigenvalue weighted by Crippen LogP contribution is -1.91. The van der Waals surface area contributed by atoms with E-state index in [0.717, 1.165) is 38.2 Å². The standard InChI is InChI=1S/C18H13N7OS/c1-26-13-4-2-11(3-5-13)14-10-15(21-20-14)16-22-23-18-25(16)24-17(27-18)12-6-8-19-9-7-12/h2-10H,1H3,(H,20,21). The minimum absolute atomic E-state index is 0.619. The number of aromatic amines is 1. The van der Waals surface area contributed by atoms with Gasteiger partial charge in [0.05, 0.1) is 12.8 Å². The third-order valence-corrected chi connectivity index (χ3v) is 5.07. The highest BCUT2D eigenvalue weighted by Crippen LogP contribution is 2.28. The summed E-state index contributed by atoms with van der Waals surface area (Å²) >= 11 is 1.48. The second-order valence-electron chi connectivity index (χ2n) is 5.76. The van der Waals surface area contributed by atoms with E-state index in [4.69, 9.17) is 4.74 Å². The van der Waals surface area contributed by atoms with Gasteiger partial charge in [0.2, 0.25) is 10.8 Å². The van der Waals surface area contributed by atoms with Gasteiger partial charge in [-0.1, -0.05) is 11.3 Å². The number of nitrogens with zero attached hydrogens (tertiary/aromatic N) is 6. The quantitative estimate of drug-likeness (QED) is 0.518. The van der Waals surface area contributed by atoms with Gasteiger partial charge in [-0.05, 0) is 42.5 Å². The van der Waals surface area contributed by atoms with E-state index in [9.17, 15) is 0 Å². The summed E-state index contributed by atoms with van der Waals surface area (Å²) in [4.78, 5) is 4.76. The Kier molecular flexibility index (Phi) is 3.65. The molecule has 0 amide bonds. The first-order valence-corrected chi connectivity index (χ1v) is 8.96. The van der Waals surface area contributed by atoms with Crippen molar-refractivity contribution in [2.75, 3.05) is 7.11 Å². The molecule has 4 aromatic heterocycles. The van der Waals surface area contributed by atoms with Crippen LogP contribution in [0.3, 0.4) is 0 Å². The average Bonchev–Trinajstić information content (AvgIpc) is 3.44. The zero-order valence-corrected chi connectivity index (χ0v) is 15.0. The second kappa shape index (κ2) is 6.29. The Hall–Kier alpha value is -3.59. The number of ether oxygens (including phenoxy) is 1. The van der Waals surface area contributed by atoms with Crippen molar-refractivity contribution in [3.63, 3.8) is 0 Å². The van der Waals surface area contributed by atoms with E-state index in [0.29, 0.717) is 5.82 Å². The van der Waals surface area contributed by atoms with E-state index in [1.165, 1.54) is 11.3 Å². The van der Waals surface area contributed by atoms with Crippen molar-refractivity contribution in [1.82, 2.24) is 35.0 Å². The van der Waals surface area contributed by atoms with E-state index in [1.807, 2.05) is 42.5 Å². The van der Waals surface area contributed by atoms with Crippen molar-refractivity contribution in [1.29, 1.82) is 0 Å². The summed E-state index contributed by atoms with van der Waals surface area (Å²) in [6, 6.07) is 13.5. The molecule has 0 fully saturated rings. The van der Waals surface area contributed by atoms with Gasteiger partial charge in [0.1, 0.15) is 16.5 Å². The molecule has 0 saturated carbocycles. The fraction of sp³-hybridized carbons (Fsp3) is 0.0556. The van der Waals surface area contributed by atoms with Crippen LogP contribution in [0.5, 0.6) is 5.75 Å². The van der Waals surface area contributed by atoms with Crippen LogP contribution in [0.1, 0.15) is 0 Å². The summed E-state index contributed by atoms with van der Waals surface area (Å²) in [6.07, 6.45) is 3.49. The van der Waals surface area contributed by atoms with Crippen LogP contribution < -0.4 is 4.74 Å². The number of fused-ring (bicyclic) bond motifs is 1. The molecule has 132 valence electrons. The summed E-state index contributed by atoms with van der Waals surface area (Å²) in [5.74, 6) is 1.42. The maximum absolute atomic E-state index is 5.20. The summed E-state index contributed by atoms with van der Waals surface area (Å²) in [6.45, 7) is 0. The lowest BCUT2D eigenvalue weighted by molar-refractivity contribution is 0.415. The van der Waals surface area contributed by atoms with E-state index in [1.54, 1.807) is 24.0 Å². The number of methoxy groups -OCH3 is 1. The number of H-pyrrole nitrogens is 1. The molecule has 0 saturated heterocycles. The van der Waals surface area contributed by atoms with Crippen LogP contribution in [-0.2, 0) is 0 Å². The fourth-order valence-electron chi connectivity index (χ4n) is 2.74. The number of pyridine rings is 1. The molecule has 5 aromatic rings. The Bertz CT molecular complexity index is 1210. The van der Waals surface area contributed by atoms with Crippen molar-refractivity contribution in [2.45, 2.75) is 0 Å². The first-order valence-electron chi connectivity index (χ1n) is 8.15. The van der Waals surface area contributed by atoms with Crippen molar-refractivity contribution >= 4 is 16.3 Å². The van der Waals surface area contributed by atoms with Gasteiger partial charge in [-0.2, -0.15) is 14.7 Å². The zero-order chi connectivity index (χ0) is 18.2. The highest BCUT2D eigenvalue weighted by Gasteiger charge is 2.16. The number of hydrogen-bond donors (Lipinski definition) is 1. The summed E-state index contributed by atoms with van der Waals surface area (Å²) in [7, 11) is 1.65. The number of nitrogens with one attached hydrogen (secondary N) is 1. The lowest BCUT2D eigenvalue weighted by Gasteiger charge is -1.99. The van der Waals surface area contributed by atoms with Crippen molar-refractivity contribution in [2.24, 2.45) is 0 Å². The maximum atomic E-state index is 5.20. The molecule has 4 heterocycles. The molecule has 9 heteroatoms. The summed E-state index contributed by atoms with van der Waals surface area (Å²) in [5.41, 5.74) is 3.54. The van der Waals surface area contributed by atoms with Crippen LogP contribution in [0.25, 0.3) is 38.3 Å². The lowest BCUT2D eigenvalue weighted by atomic mass is 10.1. The molecule has 5 rings (SSSR count). The molecular formula is C18H13N7OS. The molecular weight excluding hydrogens is 362 g/mol. The molecule has 0 radical (unpaired) electrons. The van der Waals surface area contributed by atoms with Gasteiger partial charge in [0.15, 0.2) is 0 Å².